The molecular formula is C27H33N3O3. The molecule has 0 radical (unpaired) electrons. The van der Waals surface area contributed by atoms with Gasteiger partial charge in [0.25, 0.3) is 0 Å². The van der Waals surface area contributed by atoms with E-state index in [2.05, 4.69) is 17.4 Å². The quantitative estimate of drug-likeness (QED) is 0.456. The van der Waals surface area contributed by atoms with E-state index in [1.165, 1.54) is 0 Å². The van der Waals surface area contributed by atoms with Crippen LogP contribution in [-0.4, -0.2) is 41.4 Å². The molecule has 3 rings (SSSR count). The monoisotopic (exact) mass is 447 g/mol. The number of benzene rings is 2. The smallest absolute Gasteiger partial charge is 0.322 e. The van der Waals surface area contributed by atoms with Gasteiger partial charge in [-0.25, -0.2) is 4.79 Å². The molecule has 0 saturated heterocycles. The average Bonchev–Trinajstić information content (AvgIpc) is 3.29. The van der Waals surface area contributed by atoms with Gasteiger partial charge in [-0.15, -0.1) is 0 Å². The topological polar surface area (TPSA) is 65.8 Å². The lowest BCUT2D eigenvalue weighted by atomic mass is 10.1. The second kappa shape index (κ2) is 11.9. The number of nitrogens with zero attached hydrogens (tertiary/aromatic N) is 2. The molecule has 0 spiro atoms. The van der Waals surface area contributed by atoms with Crippen LogP contribution >= 0.6 is 0 Å². The molecule has 0 fully saturated rings. The first-order valence-corrected chi connectivity index (χ1v) is 11.4. The van der Waals surface area contributed by atoms with Crippen molar-refractivity contribution in [3.05, 3.63) is 89.9 Å². The van der Waals surface area contributed by atoms with Crippen LogP contribution in [0.25, 0.3) is 0 Å². The van der Waals surface area contributed by atoms with Crippen molar-refractivity contribution in [3.8, 4) is 0 Å². The van der Waals surface area contributed by atoms with E-state index in [1.54, 1.807) is 16.1 Å². The van der Waals surface area contributed by atoms with Gasteiger partial charge in [-0.3, -0.25) is 4.79 Å². The lowest BCUT2D eigenvalue weighted by Gasteiger charge is -2.28. The molecule has 3 aromatic rings. The van der Waals surface area contributed by atoms with Crippen LogP contribution in [0.3, 0.4) is 0 Å². The van der Waals surface area contributed by atoms with Crippen molar-refractivity contribution in [1.82, 2.24) is 9.80 Å². The molecule has 0 unspecified atom stereocenters. The maximum absolute atomic E-state index is 13.4. The van der Waals surface area contributed by atoms with Crippen LogP contribution in [-0.2, 0) is 17.8 Å². The third-order valence-corrected chi connectivity index (χ3v) is 5.26. The highest BCUT2D eigenvalue weighted by atomic mass is 16.3. The first-order chi connectivity index (χ1) is 15.9. The number of hydrogen-bond acceptors (Lipinski definition) is 3. The first-order valence-electron chi connectivity index (χ1n) is 11.4. The third kappa shape index (κ3) is 7.83. The van der Waals surface area contributed by atoms with Crippen molar-refractivity contribution in [3.63, 3.8) is 0 Å². The highest BCUT2D eigenvalue weighted by Crippen LogP contribution is 2.13. The molecule has 0 aliphatic heterocycles. The van der Waals surface area contributed by atoms with Gasteiger partial charge in [0.1, 0.15) is 12.3 Å². The first kappa shape index (κ1) is 24.1. The number of nitrogens with one attached hydrogen (secondary N) is 1. The molecule has 2 aromatic carbocycles. The average molecular weight is 448 g/mol. The number of urea groups is 1. The van der Waals surface area contributed by atoms with Crippen molar-refractivity contribution < 1.29 is 14.0 Å². The van der Waals surface area contributed by atoms with E-state index < -0.39 is 0 Å². The van der Waals surface area contributed by atoms with E-state index in [-0.39, 0.29) is 24.4 Å². The maximum Gasteiger partial charge on any atom is 0.322 e. The molecule has 1 aromatic heterocycles. The third-order valence-electron chi connectivity index (χ3n) is 5.26. The predicted octanol–water partition coefficient (Wildman–Crippen LogP) is 5.35. The molecule has 0 aliphatic rings. The summed E-state index contributed by atoms with van der Waals surface area (Å²) in [7, 11) is 0. The molecule has 0 atom stereocenters. The number of furan rings is 1. The van der Waals surface area contributed by atoms with Crippen LogP contribution in [0.15, 0.2) is 77.4 Å². The number of anilines is 1. The van der Waals surface area contributed by atoms with Crippen LogP contribution in [0, 0.1) is 12.8 Å². The Kier molecular flexibility index (Phi) is 8.70. The SMILES string of the molecule is Cc1cccc(NC(=O)N(CC(=O)N(CCc2ccccc2)Cc2ccco2)CC(C)C)c1. The Morgan fingerprint density at radius 2 is 1.76 bits per heavy atom. The van der Waals surface area contributed by atoms with Gasteiger partial charge in [-0.05, 0) is 54.7 Å². The molecule has 6 heteroatoms. The highest BCUT2D eigenvalue weighted by Gasteiger charge is 2.23. The van der Waals surface area contributed by atoms with Crippen LogP contribution in [0.1, 0.15) is 30.7 Å². The minimum Gasteiger partial charge on any atom is -0.467 e. The molecule has 0 saturated carbocycles. The zero-order valence-corrected chi connectivity index (χ0v) is 19.7. The van der Waals surface area contributed by atoms with Crippen molar-refractivity contribution in [1.29, 1.82) is 0 Å². The van der Waals surface area contributed by atoms with E-state index in [9.17, 15) is 9.59 Å². The summed E-state index contributed by atoms with van der Waals surface area (Å²) < 4.78 is 5.49. The molecule has 1 heterocycles. The number of hydrogen-bond donors (Lipinski definition) is 1. The molecule has 0 bridgehead atoms. The van der Waals surface area contributed by atoms with Crippen molar-refractivity contribution in [2.45, 2.75) is 33.7 Å². The van der Waals surface area contributed by atoms with Crippen LogP contribution in [0.2, 0.25) is 0 Å². The fourth-order valence-corrected chi connectivity index (χ4v) is 3.64. The largest absolute Gasteiger partial charge is 0.467 e. The number of carbonyl (C=O) groups excluding carboxylic acids is 2. The van der Waals surface area contributed by atoms with Gasteiger partial charge < -0.3 is 19.5 Å². The fourth-order valence-electron chi connectivity index (χ4n) is 3.64. The Balaban J connectivity index is 1.71. The van der Waals surface area contributed by atoms with Crippen molar-refractivity contribution in [2.24, 2.45) is 5.92 Å². The van der Waals surface area contributed by atoms with Gasteiger partial charge in [0.2, 0.25) is 5.91 Å². The molecule has 6 nitrogen and oxygen atoms in total. The zero-order chi connectivity index (χ0) is 23.6. The van der Waals surface area contributed by atoms with Crippen LogP contribution < -0.4 is 5.32 Å². The maximum atomic E-state index is 13.4. The van der Waals surface area contributed by atoms with E-state index in [4.69, 9.17) is 4.42 Å². The van der Waals surface area contributed by atoms with E-state index in [0.717, 1.165) is 29.0 Å². The Bertz CT molecular complexity index is 1020. The zero-order valence-electron chi connectivity index (χ0n) is 19.7. The summed E-state index contributed by atoms with van der Waals surface area (Å²) in [6.45, 7) is 7.44. The molecular weight excluding hydrogens is 414 g/mol. The van der Waals surface area contributed by atoms with Gasteiger partial charge in [0.05, 0.1) is 12.8 Å². The second-order valence-corrected chi connectivity index (χ2v) is 8.70. The van der Waals surface area contributed by atoms with Gasteiger partial charge >= 0.3 is 6.03 Å². The van der Waals surface area contributed by atoms with Crippen LogP contribution in [0.5, 0.6) is 0 Å². The predicted molar refractivity (Wildman–Crippen MR) is 131 cm³/mol. The normalized spacial score (nSPS) is 10.8. The minimum absolute atomic E-state index is 0.00529. The van der Waals surface area contributed by atoms with Gasteiger partial charge in [-0.2, -0.15) is 0 Å². The Morgan fingerprint density at radius 3 is 2.42 bits per heavy atom. The number of rotatable bonds is 10. The second-order valence-electron chi connectivity index (χ2n) is 8.70. The van der Waals surface area contributed by atoms with E-state index in [0.29, 0.717) is 19.6 Å². The summed E-state index contributed by atoms with van der Waals surface area (Å²) in [6.07, 6.45) is 2.34. The van der Waals surface area contributed by atoms with Gasteiger partial charge in [0, 0.05) is 18.8 Å². The summed E-state index contributed by atoms with van der Waals surface area (Å²) in [5.41, 5.74) is 2.94. The van der Waals surface area contributed by atoms with E-state index in [1.807, 2.05) is 75.4 Å². The molecule has 33 heavy (non-hydrogen) atoms. The van der Waals surface area contributed by atoms with Crippen molar-refractivity contribution >= 4 is 17.6 Å². The summed E-state index contributed by atoms with van der Waals surface area (Å²) in [5, 5.41) is 2.93. The Hall–Kier alpha value is -3.54. The minimum atomic E-state index is -0.274. The van der Waals surface area contributed by atoms with Gasteiger partial charge in [0.15, 0.2) is 0 Å². The number of carbonyl (C=O) groups is 2. The molecule has 3 amide bonds. The van der Waals surface area contributed by atoms with Crippen LogP contribution in [0.4, 0.5) is 10.5 Å². The molecule has 174 valence electrons. The summed E-state index contributed by atoms with van der Waals surface area (Å²) in [5.74, 6) is 0.835. The van der Waals surface area contributed by atoms with E-state index >= 15 is 0 Å². The number of amides is 3. The Morgan fingerprint density at radius 1 is 0.970 bits per heavy atom. The highest BCUT2D eigenvalue weighted by molar-refractivity contribution is 5.92. The number of aryl methyl sites for hydroxylation is 1. The van der Waals surface area contributed by atoms with Gasteiger partial charge in [-0.1, -0.05) is 56.3 Å². The fraction of sp³-hybridized carbons (Fsp3) is 0.333. The standard InChI is InChI=1S/C27H33N3O3/c1-21(2)18-30(27(32)28-24-12-7-9-22(3)17-24)20-26(31)29(19-25-13-8-16-33-25)15-14-23-10-5-4-6-11-23/h4-13,16-17,21H,14-15,18-20H2,1-3H3,(H,28,32). The van der Waals surface area contributed by atoms with Crippen molar-refractivity contribution in [2.75, 3.05) is 25.0 Å². The lowest BCUT2D eigenvalue weighted by Crippen LogP contribution is -2.46. The lowest BCUT2D eigenvalue weighted by molar-refractivity contribution is -0.132. The summed E-state index contributed by atoms with van der Waals surface area (Å²) >= 11 is 0. The molecule has 1 N–H and O–H groups in total. The summed E-state index contributed by atoms with van der Waals surface area (Å²) in [6, 6.07) is 21.1. The Labute approximate surface area is 196 Å². The summed E-state index contributed by atoms with van der Waals surface area (Å²) in [4.78, 5) is 29.7. The molecule has 0 aliphatic carbocycles.